The van der Waals surface area contributed by atoms with Crippen molar-refractivity contribution in [3.8, 4) is 0 Å². The highest BCUT2D eigenvalue weighted by Gasteiger charge is 2.22. The number of fused-ring (bicyclic) bond motifs is 1. The minimum Gasteiger partial charge on any atom is -0.345 e. The van der Waals surface area contributed by atoms with E-state index < -0.39 is 10.0 Å². The number of amides is 1. The molecule has 1 N–H and O–H groups in total. The van der Waals surface area contributed by atoms with Crippen molar-refractivity contribution in [1.82, 2.24) is 29.4 Å². The number of hydrogen-bond acceptors (Lipinski definition) is 6. The normalized spacial score (nSPS) is 15.4. The van der Waals surface area contributed by atoms with Gasteiger partial charge in [-0.1, -0.05) is 0 Å². The van der Waals surface area contributed by atoms with E-state index >= 15 is 0 Å². The van der Waals surface area contributed by atoms with E-state index in [1.165, 1.54) is 23.0 Å². The fourth-order valence-electron chi connectivity index (χ4n) is 2.63. The van der Waals surface area contributed by atoms with Crippen LogP contribution in [0.4, 0.5) is 0 Å². The number of nitrogens with zero attached hydrogens (tertiary/aromatic N) is 5. The molecular weight excluding hydrogens is 344 g/mol. The molecule has 10 heteroatoms. The zero-order valence-corrected chi connectivity index (χ0v) is 15.0. The molecule has 0 atom stereocenters. The van der Waals surface area contributed by atoms with Gasteiger partial charge in [-0.3, -0.25) is 14.5 Å². The van der Waals surface area contributed by atoms with Gasteiger partial charge in [0.15, 0.2) is 0 Å². The first kappa shape index (κ1) is 17.5. The number of aromatic nitrogens is 4. The molecule has 134 valence electrons. The zero-order valence-electron chi connectivity index (χ0n) is 14.1. The van der Waals surface area contributed by atoms with Crippen LogP contribution in [0.5, 0.6) is 0 Å². The van der Waals surface area contributed by atoms with Gasteiger partial charge in [0.25, 0.3) is 5.91 Å². The van der Waals surface area contributed by atoms with Crippen LogP contribution in [0, 0.1) is 6.92 Å². The molecule has 0 saturated heterocycles. The maximum Gasteiger partial charge on any atom is 0.271 e. The quantitative estimate of drug-likeness (QED) is 0.822. The van der Waals surface area contributed by atoms with Crippen LogP contribution in [0.25, 0.3) is 0 Å². The van der Waals surface area contributed by atoms with E-state index in [2.05, 4.69) is 20.4 Å². The molecular formula is C15H20N6O3S. The highest BCUT2D eigenvalue weighted by atomic mass is 32.2. The zero-order chi connectivity index (χ0) is 18.0. The maximum absolute atomic E-state index is 12.1. The summed E-state index contributed by atoms with van der Waals surface area (Å²) in [6, 6.07) is 1.82. The first-order valence-electron chi connectivity index (χ1n) is 7.90. The lowest BCUT2D eigenvalue weighted by atomic mass is 10.3. The third-order valence-corrected chi connectivity index (χ3v) is 5.19. The second-order valence-corrected chi connectivity index (χ2v) is 8.01. The van der Waals surface area contributed by atoms with Crippen LogP contribution in [-0.2, 0) is 29.7 Å². The van der Waals surface area contributed by atoms with Crippen LogP contribution in [-0.4, -0.2) is 51.2 Å². The van der Waals surface area contributed by atoms with Crippen LogP contribution in [0.1, 0.15) is 34.0 Å². The number of sulfonamides is 1. The highest BCUT2D eigenvalue weighted by Crippen LogP contribution is 2.16. The molecule has 0 aromatic carbocycles. The molecule has 9 nitrogen and oxygen atoms in total. The molecule has 25 heavy (non-hydrogen) atoms. The van der Waals surface area contributed by atoms with E-state index in [9.17, 15) is 13.2 Å². The second-order valence-electron chi connectivity index (χ2n) is 6.03. The molecule has 0 aliphatic carbocycles. The molecule has 1 amide bonds. The Labute approximate surface area is 146 Å². The predicted octanol–water partition coefficient (Wildman–Crippen LogP) is 0.0768. The fourth-order valence-corrected chi connectivity index (χ4v) is 3.46. The average Bonchev–Trinajstić information content (AvgIpc) is 2.82. The van der Waals surface area contributed by atoms with Gasteiger partial charge in [0.05, 0.1) is 42.6 Å². The minimum atomic E-state index is -3.24. The van der Waals surface area contributed by atoms with Crippen molar-refractivity contribution in [2.45, 2.75) is 33.0 Å². The Morgan fingerprint density at radius 2 is 2.08 bits per heavy atom. The first-order chi connectivity index (χ1) is 11.8. The number of carbonyl (C=O) groups is 1. The summed E-state index contributed by atoms with van der Waals surface area (Å²) in [6.45, 7) is 3.47. The SMILES string of the molecule is Cc1cnc(C(=O)NCc2cc3n(n2)CCCN(S(C)(=O)=O)C3)cn1. The number of aryl methyl sites for hydroxylation is 2. The van der Waals surface area contributed by atoms with Crippen molar-refractivity contribution in [2.24, 2.45) is 0 Å². The van der Waals surface area contributed by atoms with Crippen LogP contribution < -0.4 is 5.32 Å². The molecule has 0 spiro atoms. The largest absolute Gasteiger partial charge is 0.345 e. The molecule has 3 rings (SSSR count). The minimum absolute atomic E-state index is 0.243. The molecule has 0 radical (unpaired) electrons. The summed E-state index contributed by atoms with van der Waals surface area (Å²) in [5.41, 5.74) is 2.49. The number of carbonyl (C=O) groups excluding carboxylic acids is 1. The fraction of sp³-hybridized carbons (Fsp3) is 0.467. The van der Waals surface area contributed by atoms with Crippen LogP contribution in [0.3, 0.4) is 0 Å². The van der Waals surface area contributed by atoms with Gasteiger partial charge in [0.1, 0.15) is 5.69 Å². The summed E-state index contributed by atoms with van der Waals surface area (Å²) < 4.78 is 26.8. The lowest BCUT2D eigenvalue weighted by Gasteiger charge is -2.16. The summed E-state index contributed by atoms with van der Waals surface area (Å²) in [6.07, 6.45) is 4.87. The Kier molecular flexibility index (Phi) is 4.82. The van der Waals surface area contributed by atoms with Gasteiger partial charge in [0, 0.05) is 19.3 Å². The smallest absolute Gasteiger partial charge is 0.271 e. The van der Waals surface area contributed by atoms with Crippen LogP contribution >= 0.6 is 0 Å². The van der Waals surface area contributed by atoms with Crippen LogP contribution in [0.15, 0.2) is 18.5 Å². The van der Waals surface area contributed by atoms with E-state index in [1.54, 1.807) is 11.6 Å². The van der Waals surface area contributed by atoms with Gasteiger partial charge in [-0.15, -0.1) is 0 Å². The van der Waals surface area contributed by atoms with Gasteiger partial charge >= 0.3 is 0 Å². The van der Waals surface area contributed by atoms with Crippen LogP contribution in [0.2, 0.25) is 0 Å². The summed E-state index contributed by atoms with van der Waals surface area (Å²) in [5.74, 6) is -0.326. The molecule has 2 aromatic heterocycles. The molecule has 1 aliphatic rings. The Morgan fingerprint density at radius 3 is 2.76 bits per heavy atom. The number of hydrogen-bond donors (Lipinski definition) is 1. The van der Waals surface area contributed by atoms with Crippen molar-refractivity contribution in [2.75, 3.05) is 12.8 Å². The lowest BCUT2D eigenvalue weighted by Crippen LogP contribution is -2.29. The van der Waals surface area contributed by atoms with Crippen molar-refractivity contribution < 1.29 is 13.2 Å². The van der Waals surface area contributed by atoms with E-state index in [0.29, 0.717) is 31.7 Å². The Bertz CT molecular complexity index is 875. The predicted molar refractivity (Wildman–Crippen MR) is 90.0 cm³/mol. The summed E-state index contributed by atoms with van der Waals surface area (Å²) in [4.78, 5) is 20.2. The Balaban J connectivity index is 1.67. The number of nitrogens with one attached hydrogen (secondary N) is 1. The second kappa shape index (κ2) is 6.89. The lowest BCUT2D eigenvalue weighted by molar-refractivity contribution is 0.0945. The van der Waals surface area contributed by atoms with Gasteiger partial charge in [-0.25, -0.2) is 13.4 Å². The van der Waals surface area contributed by atoms with E-state index in [1.807, 2.05) is 6.07 Å². The molecule has 2 aromatic rings. The molecule has 0 bridgehead atoms. The topological polar surface area (TPSA) is 110 Å². The summed E-state index contributed by atoms with van der Waals surface area (Å²) in [5, 5.41) is 7.20. The summed E-state index contributed by atoms with van der Waals surface area (Å²) >= 11 is 0. The van der Waals surface area contributed by atoms with Gasteiger partial charge in [-0.2, -0.15) is 9.40 Å². The Morgan fingerprint density at radius 1 is 1.28 bits per heavy atom. The van der Waals surface area contributed by atoms with Gasteiger partial charge in [0.2, 0.25) is 10.0 Å². The highest BCUT2D eigenvalue weighted by molar-refractivity contribution is 7.88. The monoisotopic (exact) mass is 364 g/mol. The van der Waals surface area contributed by atoms with E-state index in [0.717, 1.165) is 11.4 Å². The third kappa shape index (κ3) is 4.20. The third-order valence-electron chi connectivity index (χ3n) is 3.94. The Hall–Kier alpha value is -2.33. The standard InChI is InChI=1S/C15H20N6O3S/c1-11-7-17-14(9-16-11)15(22)18-8-12-6-13-10-20(25(2,23)24)4-3-5-21(13)19-12/h6-7,9H,3-5,8,10H2,1-2H3,(H,18,22). The van der Waals surface area contributed by atoms with Crippen molar-refractivity contribution in [1.29, 1.82) is 0 Å². The molecule has 3 heterocycles. The van der Waals surface area contributed by atoms with E-state index in [-0.39, 0.29) is 18.1 Å². The maximum atomic E-state index is 12.1. The molecule has 0 unspecified atom stereocenters. The molecule has 0 fully saturated rings. The van der Waals surface area contributed by atoms with Gasteiger partial charge < -0.3 is 5.32 Å². The molecule has 0 saturated carbocycles. The molecule has 1 aliphatic heterocycles. The van der Waals surface area contributed by atoms with Crippen molar-refractivity contribution in [3.63, 3.8) is 0 Å². The first-order valence-corrected chi connectivity index (χ1v) is 9.75. The van der Waals surface area contributed by atoms with Crippen molar-refractivity contribution in [3.05, 3.63) is 41.2 Å². The van der Waals surface area contributed by atoms with Gasteiger partial charge in [-0.05, 0) is 19.4 Å². The van der Waals surface area contributed by atoms with E-state index in [4.69, 9.17) is 0 Å². The number of rotatable bonds is 4. The van der Waals surface area contributed by atoms with Crippen molar-refractivity contribution >= 4 is 15.9 Å². The summed E-state index contributed by atoms with van der Waals surface area (Å²) in [7, 11) is -3.24. The average molecular weight is 364 g/mol.